The Bertz CT molecular complexity index is 379. The quantitative estimate of drug-likeness (QED) is 0.401. The highest BCUT2D eigenvalue weighted by Crippen LogP contribution is 2.25. The molecule has 0 atom stereocenters. The molecule has 0 aromatic rings. The number of cyclic esters (lactones) is 1. The highest BCUT2D eigenvalue weighted by atomic mass is 16.8. The number of allylic oxidation sites excluding steroid dienone is 1. The van der Waals surface area contributed by atoms with Crippen LogP contribution in [0.1, 0.15) is 20.3 Å². The number of hydrogen-bond donors (Lipinski definition) is 0. The first-order valence-corrected chi connectivity index (χ1v) is 5.62. The van der Waals surface area contributed by atoms with Crippen molar-refractivity contribution in [2.24, 2.45) is 0 Å². The van der Waals surface area contributed by atoms with Gasteiger partial charge in [-0.25, -0.2) is 4.79 Å². The lowest BCUT2D eigenvalue weighted by molar-refractivity contribution is -0.394. The first-order valence-electron chi connectivity index (χ1n) is 5.62. The van der Waals surface area contributed by atoms with Gasteiger partial charge in [-0.1, -0.05) is 18.2 Å². The van der Waals surface area contributed by atoms with Crippen LogP contribution < -0.4 is 5.11 Å². The van der Waals surface area contributed by atoms with E-state index in [1.807, 2.05) is 0 Å². The molecule has 0 unspecified atom stereocenters. The van der Waals surface area contributed by atoms with E-state index in [9.17, 15) is 9.90 Å². The first-order chi connectivity index (χ1) is 8.46. The predicted octanol–water partition coefficient (Wildman–Crippen LogP) is 1.02. The average molecular weight is 253 g/mol. The van der Waals surface area contributed by atoms with Gasteiger partial charge in [0.15, 0.2) is 5.79 Å². The van der Waals surface area contributed by atoms with E-state index in [1.54, 1.807) is 18.2 Å². The molecule has 0 bridgehead atoms. The Morgan fingerprint density at radius 3 is 2.67 bits per heavy atom. The van der Waals surface area contributed by atoms with Gasteiger partial charge in [0.25, 0.3) is 0 Å². The molecule has 1 aliphatic heterocycles. The van der Waals surface area contributed by atoms with E-state index in [-0.39, 0.29) is 12.0 Å². The van der Waals surface area contributed by atoms with E-state index in [1.165, 1.54) is 13.8 Å². The van der Waals surface area contributed by atoms with Crippen LogP contribution in [0.5, 0.6) is 0 Å². The topological polar surface area (TPSA) is 67.8 Å². The minimum absolute atomic E-state index is 0.00528. The minimum Gasteiger partial charge on any atom is -0.575 e. The van der Waals surface area contributed by atoms with Gasteiger partial charge in [-0.3, -0.25) is 0 Å². The lowest BCUT2D eigenvalue weighted by atomic mass is 10.1. The molecule has 0 aromatic heterocycles. The standard InChI is InChI=1S/C13H18O5/c1-4-8-16-9-6-5-7-10-11(14)17-13(2,3)18-12(10)15/h4-6,14H,1,7-9H2,2-3H3/p-1/b6-5+. The fourth-order valence-corrected chi connectivity index (χ4v) is 1.33. The molecule has 0 fully saturated rings. The van der Waals surface area contributed by atoms with E-state index in [0.29, 0.717) is 13.2 Å². The van der Waals surface area contributed by atoms with Gasteiger partial charge in [0, 0.05) is 0 Å². The Morgan fingerprint density at radius 1 is 1.33 bits per heavy atom. The second-order valence-electron chi connectivity index (χ2n) is 4.16. The lowest BCUT2D eigenvalue weighted by Gasteiger charge is -2.39. The summed E-state index contributed by atoms with van der Waals surface area (Å²) < 4.78 is 15.0. The van der Waals surface area contributed by atoms with Gasteiger partial charge in [0.05, 0.1) is 24.7 Å². The SMILES string of the molecule is C=CCOC/C=C/CC1=C([O-])OC(C)(C)OC1=O. The third kappa shape index (κ3) is 4.25. The van der Waals surface area contributed by atoms with Crippen LogP contribution in [0, 0.1) is 0 Å². The van der Waals surface area contributed by atoms with Crippen molar-refractivity contribution in [1.82, 2.24) is 0 Å². The van der Waals surface area contributed by atoms with Crippen molar-refractivity contribution >= 4 is 5.97 Å². The van der Waals surface area contributed by atoms with Crippen LogP contribution in [0.4, 0.5) is 0 Å². The molecule has 1 heterocycles. The predicted molar refractivity (Wildman–Crippen MR) is 63.1 cm³/mol. The van der Waals surface area contributed by atoms with Crippen molar-refractivity contribution in [2.45, 2.75) is 26.1 Å². The van der Waals surface area contributed by atoms with Gasteiger partial charge >= 0.3 is 5.97 Å². The van der Waals surface area contributed by atoms with Crippen molar-refractivity contribution in [2.75, 3.05) is 13.2 Å². The van der Waals surface area contributed by atoms with Gasteiger partial charge in [0.2, 0.25) is 0 Å². The molecule has 1 rings (SSSR count). The van der Waals surface area contributed by atoms with Crippen LogP contribution in [0.2, 0.25) is 0 Å². The van der Waals surface area contributed by atoms with Crippen molar-refractivity contribution in [3.63, 3.8) is 0 Å². The van der Waals surface area contributed by atoms with Gasteiger partial charge in [-0.05, 0) is 20.3 Å². The Morgan fingerprint density at radius 2 is 2.06 bits per heavy atom. The summed E-state index contributed by atoms with van der Waals surface area (Å²) in [5.74, 6) is -2.45. The zero-order valence-electron chi connectivity index (χ0n) is 10.6. The smallest absolute Gasteiger partial charge is 0.337 e. The zero-order valence-corrected chi connectivity index (χ0v) is 10.6. The third-order valence-electron chi connectivity index (χ3n) is 2.11. The van der Waals surface area contributed by atoms with Crippen molar-refractivity contribution in [3.8, 4) is 0 Å². The fraction of sp³-hybridized carbons (Fsp3) is 0.462. The summed E-state index contributed by atoms with van der Waals surface area (Å²) in [5, 5.41) is 11.5. The van der Waals surface area contributed by atoms with E-state index in [2.05, 4.69) is 6.58 Å². The first kappa shape index (κ1) is 14.3. The van der Waals surface area contributed by atoms with Gasteiger partial charge in [-0.15, -0.1) is 6.58 Å². The van der Waals surface area contributed by atoms with Crippen molar-refractivity contribution in [1.29, 1.82) is 0 Å². The van der Waals surface area contributed by atoms with Crippen molar-refractivity contribution < 1.29 is 24.1 Å². The largest absolute Gasteiger partial charge is 0.575 e. The summed E-state index contributed by atoms with van der Waals surface area (Å²) in [4.78, 5) is 11.5. The van der Waals surface area contributed by atoms with Crippen LogP contribution in [0.25, 0.3) is 0 Å². The maximum Gasteiger partial charge on any atom is 0.337 e. The summed E-state index contributed by atoms with van der Waals surface area (Å²) in [6.07, 6.45) is 5.20. The molecule has 18 heavy (non-hydrogen) atoms. The molecule has 0 saturated carbocycles. The van der Waals surface area contributed by atoms with Gasteiger partial charge < -0.3 is 19.3 Å². The van der Waals surface area contributed by atoms with Crippen LogP contribution >= 0.6 is 0 Å². The summed E-state index contributed by atoms with van der Waals surface area (Å²) >= 11 is 0. The molecule has 0 spiro atoms. The maximum absolute atomic E-state index is 11.5. The Labute approximate surface area is 106 Å². The monoisotopic (exact) mass is 253 g/mol. The molecule has 0 radical (unpaired) electrons. The van der Waals surface area contributed by atoms with Crippen LogP contribution in [-0.4, -0.2) is 25.0 Å². The molecule has 0 aliphatic carbocycles. The number of carbonyl (C=O) groups excluding carboxylic acids is 1. The number of rotatable bonds is 6. The molecule has 0 N–H and O–H groups in total. The number of ether oxygens (including phenoxy) is 3. The minimum atomic E-state index is -1.19. The van der Waals surface area contributed by atoms with Crippen molar-refractivity contribution in [3.05, 3.63) is 36.3 Å². The molecule has 0 aromatic carbocycles. The molecule has 1 aliphatic rings. The van der Waals surface area contributed by atoms with E-state index >= 15 is 0 Å². The van der Waals surface area contributed by atoms with Gasteiger partial charge in [-0.2, -0.15) is 0 Å². The van der Waals surface area contributed by atoms with E-state index < -0.39 is 17.7 Å². The molecule has 0 amide bonds. The summed E-state index contributed by atoms with van der Waals surface area (Å²) in [6.45, 7) is 7.39. The molecule has 100 valence electrons. The second-order valence-corrected chi connectivity index (χ2v) is 4.16. The molecule has 5 heteroatoms. The molecule has 5 nitrogen and oxygen atoms in total. The maximum atomic E-state index is 11.5. The number of carbonyl (C=O) groups is 1. The number of hydrogen-bond acceptors (Lipinski definition) is 5. The van der Waals surface area contributed by atoms with E-state index in [0.717, 1.165) is 0 Å². The van der Waals surface area contributed by atoms with Crippen LogP contribution in [0.15, 0.2) is 36.3 Å². The summed E-state index contributed by atoms with van der Waals surface area (Å²) in [5.41, 5.74) is -0.00528. The van der Waals surface area contributed by atoms with Gasteiger partial charge in [0.1, 0.15) is 0 Å². The normalized spacial score (nSPS) is 18.7. The second kappa shape index (κ2) is 6.26. The van der Waals surface area contributed by atoms with Crippen LogP contribution in [0.3, 0.4) is 0 Å². The average Bonchev–Trinajstić information content (AvgIpc) is 2.24. The highest BCUT2D eigenvalue weighted by molar-refractivity contribution is 5.89. The molecular formula is C13H17O5-. The summed E-state index contributed by atoms with van der Waals surface area (Å²) in [6, 6.07) is 0. The summed E-state index contributed by atoms with van der Waals surface area (Å²) in [7, 11) is 0. The molecular weight excluding hydrogens is 236 g/mol. The Balaban J connectivity index is 2.51. The van der Waals surface area contributed by atoms with Crippen LogP contribution in [-0.2, 0) is 19.0 Å². The zero-order chi connectivity index (χ0) is 13.6. The Kier molecular flexibility index (Phi) is 4.97. The third-order valence-corrected chi connectivity index (χ3v) is 2.11. The van der Waals surface area contributed by atoms with E-state index in [4.69, 9.17) is 14.2 Å². The number of esters is 1. The Hall–Kier alpha value is -1.75. The molecule has 0 saturated heterocycles. The fourth-order valence-electron chi connectivity index (χ4n) is 1.33. The highest BCUT2D eigenvalue weighted by Gasteiger charge is 2.28. The lowest BCUT2D eigenvalue weighted by Crippen LogP contribution is -2.39.